The third kappa shape index (κ3) is 6.39. The number of hydrogen-bond donors (Lipinski definition) is 3. The summed E-state index contributed by atoms with van der Waals surface area (Å²) < 4.78 is 0. The van der Waals surface area contributed by atoms with Crippen molar-refractivity contribution in [1.82, 2.24) is 10.2 Å². The maximum Gasteiger partial charge on any atom is 0.313 e. The molecule has 0 saturated carbocycles. The van der Waals surface area contributed by atoms with Crippen LogP contribution in [-0.4, -0.2) is 55.8 Å². The number of anilines is 3. The minimum Gasteiger partial charge on any atom is -0.374 e. The molecule has 0 aromatic heterocycles. The number of carbonyl (C=O) groups excluding carboxylic acids is 3. The molecule has 0 radical (unpaired) electrons. The van der Waals surface area contributed by atoms with Crippen LogP contribution >= 0.6 is 0 Å². The monoisotopic (exact) mass is 477 g/mol. The first-order valence-electron chi connectivity index (χ1n) is 12.5. The molecule has 2 heterocycles. The lowest BCUT2D eigenvalue weighted by Crippen LogP contribution is -2.43. The number of benzene rings is 2. The average molecular weight is 478 g/mol. The Bertz CT molecular complexity index is 1080. The second-order valence-corrected chi connectivity index (χ2v) is 9.45. The van der Waals surface area contributed by atoms with Crippen molar-refractivity contribution in [2.75, 3.05) is 48.8 Å². The Labute approximate surface area is 207 Å². The number of carbonyl (C=O) groups is 3. The quantitative estimate of drug-likeness (QED) is 0.555. The molecule has 0 unspecified atom stereocenters. The number of piperidine rings is 1. The van der Waals surface area contributed by atoms with E-state index in [1.807, 2.05) is 0 Å². The number of nitrogens with one attached hydrogen (secondary N) is 3. The van der Waals surface area contributed by atoms with Crippen LogP contribution in [0.25, 0.3) is 0 Å². The summed E-state index contributed by atoms with van der Waals surface area (Å²) in [6, 6.07) is 13.4. The number of rotatable bonds is 6. The fraction of sp³-hybridized carbons (Fsp3) is 0.444. The van der Waals surface area contributed by atoms with Gasteiger partial charge in [-0.15, -0.1) is 0 Å². The van der Waals surface area contributed by atoms with Gasteiger partial charge in [0.2, 0.25) is 5.91 Å². The number of fused-ring (bicyclic) bond motifs is 1. The lowest BCUT2D eigenvalue weighted by molar-refractivity contribution is -0.136. The van der Waals surface area contributed by atoms with Gasteiger partial charge in [0, 0.05) is 44.1 Å². The highest BCUT2D eigenvalue weighted by atomic mass is 16.2. The van der Waals surface area contributed by atoms with Gasteiger partial charge in [0.05, 0.1) is 6.04 Å². The van der Waals surface area contributed by atoms with Gasteiger partial charge in [-0.1, -0.05) is 24.6 Å². The van der Waals surface area contributed by atoms with Gasteiger partial charge in [-0.3, -0.25) is 19.3 Å². The van der Waals surface area contributed by atoms with Crippen molar-refractivity contribution in [3.8, 4) is 0 Å². The van der Waals surface area contributed by atoms with Gasteiger partial charge < -0.3 is 20.9 Å². The van der Waals surface area contributed by atoms with Crippen LogP contribution in [0, 0.1) is 0 Å². The lowest BCUT2D eigenvalue weighted by atomic mass is 9.95. The van der Waals surface area contributed by atoms with Crippen molar-refractivity contribution < 1.29 is 14.4 Å². The Morgan fingerprint density at radius 3 is 2.37 bits per heavy atom. The third-order valence-electron chi connectivity index (χ3n) is 6.77. The molecular weight excluding hydrogens is 442 g/mol. The molecule has 186 valence electrons. The molecule has 35 heavy (non-hydrogen) atoms. The van der Waals surface area contributed by atoms with E-state index >= 15 is 0 Å². The fourth-order valence-corrected chi connectivity index (χ4v) is 5.04. The first-order valence-corrected chi connectivity index (χ1v) is 12.5. The summed E-state index contributed by atoms with van der Waals surface area (Å²) in [4.78, 5) is 41.3. The van der Waals surface area contributed by atoms with Crippen molar-refractivity contribution in [2.24, 2.45) is 0 Å². The molecule has 2 aliphatic heterocycles. The number of nitrogens with zero attached hydrogens (tertiary/aromatic N) is 2. The summed E-state index contributed by atoms with van der Waals surface area (Å²) in [5.74, 6) is -1.60. The normalized spacial score (nSPS) is 16.7. The van der Waals surface area contributed by atoms with E-state index in [0.29, 0.717) is 17.9 Å². The molecule has 0 spiro atoms. The second-order valence-electron chi connectivity index (χ2n) is 9.45. The Morgan fingerprint density at radius 1 is 0.886 bits per heavy atom. The summed E-state index contributed by atoms with van der Waals surface area (Å²) in [5, 5.41) is 8.15. The van der Waals surface area contributed by atoms with Gasteiger partial charge in [-0.05, 0) is 74.2 Å². The Balaban J connectivity index is 1.43. The van der Waals surface area contributed by atoms with Gasteiger partial charge in [-0.25, -0.2) is 0 Å². The van der Waals surface area contributed by atoms with Crippen LogP contribution in [0.5, 0.6) is 0 Å². The molecular formula is C27H35N5O3. The Morgan fingerprint density at radius 2 is 1.63 bits per heavy atom. The predicted octanol–water partition coefficient (Wildman–Crippen LogP) is 3.31. The van der Waals surface area contributed by atoms with E-state index in [0.717, 1.165) is 45.3 Å². The molecule has 1 saturated heterocycles. The first-order chi connectivity index (χ1) is 16.9. The van der Waals surface area contributed by atoms with E-state index in [2.05, 4.69) is 51.0 Å². The van der Waals surface area contributed by atoms with Gasteiger partial charge >= 0.3 is 11.8 Å². The van der Waals surface area contributed by atoms with Crippen molar-refractivity contribution in [3.63, 3.8) is 0 Å². The minimum atomic E-state index is -0.727. The molecule has 0 bridgehead atoms. The maximum atomic E-state index is 12.7. The molecule has 2 aromatic rings. The molecule has 3 N–H and O–H groups in total. The summed E-state index contributed by atoms with van der Waals surface area (Å²) >= 11 is 0. The zero-order chi connectivity index (χ0) is 24.8. The van der Waals surface area contributed by atoms with Gasteiger partial charge in [-0.2, -0.15) is 0 Å². The highest BCUT2D eigenvalue weighted by Gasteiger charge is 2.26. The average Bonchev–Trinajstić information content (AvgIpc) is 2.84. The molecule has 3 amide bonds. The highest BCUT2D eigenvalue weighted by molar-refractivity contribution is 6.39. The van der Waals surface area contributed by atoms with Crippen molar-refractivity contribution in [3.05, 3.63) is 53.6 Å². The number of hydrogen-bond acceptors (Lipinski definition) is 5. The summed E-state index contributed by atoms with van der Waals surface area (Å²) in [7, 11) is 2.13. The topological polar surface area (TPSA) is 93.8 Å². The van der Waals surface area contributed by atoms with E-state index in [1.165, 1.54) is 30.2 Å². The molecule has 4 rings (SSSR count). The van der Waals surface area contributed by atoms with E-state index in [-0.39, 0.29) is 11.9 Å². The van der Waals surface area contributed by atoms with Crippen LogP contribution in [-0.2, 0) is 20.8 Å². The molecule has 8 nitrogen and oxygen atoms in total. The number of amides is 3. The van der Waals surface area contributed by atoms with Crippen molar-refractivity contribution in [1.29, 1.82) is 0 Å². The third-order valence-corrected chi connectivity index (χ3v) is 6.77. The van der Waals surface area contributed by atoms with E-state index in [9.17, 15) is 14.4 Å². The Hall–Kier alpha value is -3.39. The smallest absolute Gasteiger partial charge is 0.313 e. The summed E-state index contributed by atoms with van der Waals surface area (Å²) in [6.45, 7) is 4.82. The van der Waals surface area contributed by atoms with E-state index in [1.54, 1.807) is 24.3 Å². The lowest BCUT2D eigenvalue weighted by Gasteiger charge is -2.36. The number of aryl methyl sites for hydroxylation is 1. The van der Waals surface area contributed by atoms with Gasteiger partial charge in [0.15, 0.2) is 0 Å². The van der Waals surface area contributed by atoms with Crippen LogP contribution in [0.2, 0.25) is 0 Å². The highest BCUT2D eigenvalue weighted by Crippen LogP contribution is 2.31. The van der Waals surface area contributed by atoms with E-state index in [4.69, 9.17) is 0 Å². The molecule has 1 fully saturated rings. The number of likely N-dealkylation sites (tertiary alicyclic amines) is 1. The van der Waals surface area contributed by atoms with Crippen LogP contribution in [0.15, 0.2) is 42.5 Å². The largest absolute Gasteiger partial charge is 0.374 e. The molecule has 2 aliphatic rings. The van der Waals surface area contributed by atoms with Crippen LogP contribution in [0.4, 0.5) is 17.1 Å². The molecule has 0 aliphatic carbocycles. The fourth-order valence-electron chi connectivity index (χ4n) is 5.04. The maximum absolute atomic E-state index is 12.7. The minimum absolute atomic E-state index is 0.0210. The van der Waals surface area contributed by atoms with Crippen molar-refractivity contribution in [2.45, 2.75) is 45.1 Å². The SMILES string of the molecule is CC(=O)Nc1cccc(NC(=O)C(=O)NC[C@H](c2ccc3c(c2)CCCN3C)N2CCCCC2)c1. The Kier molecular flexibility index (Phi) is 8.02. The van der Waals surface area contributed by atoms with Crippen LogP contribution < -0.4 is 20.9 Å². The van der Waals surface area contributed by atoms with Gasteiger partial charge in [0.25, 0.3) is 0 Å². The molecule has 1 atom stereocenters. The van der Waals surface area contributed by atoms with E-state index < -0.39 is 11.8 Å². The first kappa shape index (κ1) is 24.7. The predicted molar refractivity (Wildman–Crippen MR) is 139 cm³/mol. The zero-order valence-electron chi connectivity index (χ0n) is 20.6. The second kappa shape index (κ2) is 11.4. The molecule has 8 heteroatoms. The summed E-state index contributed by atoms with van der Waals surface area (Å²) in [6.07, 6.45) is 5.71. The molecule has 2 aromatic carbocycles. The van der Waals surface area contributed by atoms with Crippen LogP contribution in [0.3, 0.4) is 0 Å². The van der Waals surface area contributed by atoms with Crippen LogP contribution in [0.1, 0.15) is 49.8 Å². The standard InChI is InChI=1S/C27H35N5O3/c1-19(33)29-22-9-6-10-23(17-22)30-27(35)26(34)28-18-25(32-14-4-3-5-15-32)21-11-12-24-20(16-21)8-7-13-31(24)2/h6,9-12,16-17,25H,3-5,7-8,13-15,18H2,1-2H3,(H,28,34)(H,29,33)(H,30,35)/t25-/m1/s1. The van der Waals surface area contributed by atoms with Gasteiger partial charge in [0.1, 0.15) is 0 Å². The summed E-state index contributed by atoms with van der Waals surface area (Å²) in [5.41, 5.74) is 4.81. The van der Waals surface area contributed by atoms with Crippen molar-refractivity contribution >= 4 is 34.8 Å². The zero-order valence-corrected chi connectivity index (χ0v) is 20.6.